The first-order valence-corrected chi connectivity index (χ1v) is 12.2. The highest BCUT2D eigenvalue weighted by Crippen LogP contribution is 2.51. The molecule has 34 heavy (non-hydrogen) atoms. The Bertz CT molecular complexity index is 1220. The van der Waals surface area contributed by atoms with E-state index in [0.29, 0.717) is 29.9 Å². The molecule has 2 heterocycles. The van der Waals surface area contributed by atoms with Gasteiger partial charge in [0.1, 0.15) is 11.8 Å². The van der Waals surface area contributed by atoms with Crippen molar-refractivity contribution in [1.82, 2.24) is 24.2 Å². The van der Waals surface area contributed by atoms with Crippen molar-refractivity contribution in [1.29, 1.82) is 0 Å². The summed E-state index contributed by atoms with van der Waals surface area (Å²) in [6.45, 7) is 1.69. The maximum atomic E-state index is 13.2. The molecule has 1 aliphatic rings. The smallest absolute Gasteiger partial charge is 0.459 e. The predicted octanol–water partition coefficient (Wildman–Crippen LogP) is 2.41. The van der Waals surface area contributed by atoms with Gasteiger partial charge in [-0.2, -0.15) is 14.6 Å². The number of imidazole rings is 1. The first-order valence-electron chi connectivity index (χ1n) is 10.7. The molecule has 0 amide bonds. The number of esters is 1. The van der Waals surface area contributed by atoms with Gasteiger partial charge in [0.25, 0.3) is 0 Å². The molecule has 0 saturated heterocycles. The van der Waals surface area contributed by atoms with Crippen molar-refractivity contribution in [3.8, 4) is 11.6 Å². The fraction of sp³-hybridized carbons (Fsp3) is 0.429. The summed E-state index contributed by atoms with van der Waals surface area (Å²) in [5.41, 5.74) is 6.87. The van der Waals surface area contributed by atoms with Gasteiger partial charge in [0.05, 0.1) is 20.5 Å². The van der Waals surface area contributed by atoms with Crippen LogP contribution in [0.25, 0.3) is 11.2 Å². The minimum Gasteiger partial charge on any atom is -0.479 e. The lowest BCUT2D eigenvalue weighted by molar-refractivity contribution is -0.145. The number of fused-ring (bicyclic) bond motifs is 1. The second kappa shape index (κ2) is 9.57. The Kier molecular flexibility index (Phi) is 6.74. The molecule has 1 fully saturated rings. The molecule has 182 valence electrons. The van der Waals surface area contributed by atoms with Gasteiger partial charge >= 0.3 is 13.7 Å². The van der Waals surface area contributed by atoms with Crippen LogP contribution in [-0.2, 0) is 14.1 Å². The molecule has 13 heteroatoms. The molecular weight excluding hydrogens is 463 g/mol. The number of nitrogen functional groups attached to an aromatic ring is 1. The van der Waals surface area contributed by atoms with Crippen molar-refractivity contribution >= 4 is 30.8 Å². The lowest BCUT2D eigenvalue weighted by atomic mass is 9.80. The van der Waals surface area contributed by atoms with Crippen LogP contribution < -0.4 is 15.0 Å². The molecule has 0 bridgehead atoms. The molecule has 1 saturated carbocycles. The third kappa shape index (κ3) is 4.70. The number of anilines is 1. The van der Waals surface area contributed by atoms with E-state index in [2.05, 4.69) is 15.0 Å². The van der Waals surface area contributed by atoms with E-state index in [1.807, 2.05) is 4.57 Å². The van der Waals surface area contributed by atoms with Gasteiger partial charge in [-0.15, -0.1) is 0 Å². The van der Waals surface area contributed by atoms with Gasteiger partial charge in [-0.25, -0.2) is 9.55 Å². The van der Waals surface area contributed by atoms with E-state index in [1.165, 1.54) is 25.8 Å². The second-order valence-electron chi connectivity index (χ2n) is 8.12. The van der Waals surface area contributed by atoms with Gasteiger partial charge in [-0.1, -0.05) is 18.2 Å². The summed E-state index contributed by atoms with van der Waals surface area (Å²) in [4.78, 5) is 35.7. The van der Waals surface area contributed by atoms with Crippen LogP contribution in [0.5, 0.6) is 11.6 Å². The number of hydrogen-bond acceptors (Lipinski definition) is 9. The second-order valence-corrected chi connectivity index (χ2v) is 9.80. The predicted molar refractivity (Wildman–Crippen MR) is 123 cm³/mol. The zero-order valence-electron chi connectivity index (χ0n) is 19.1. The third-order valence-electron chi connectivity index (χ3n) is 5.93. The van der Waals surface area contributed by atoms with E-state index in [9.17, 15) is 14.3 Å². The summed E-state index contributed by atoms with van der Waals surface area (Å²) in [5, 5.41) is 0. The Labute approximate surface area is 196 Å². The van der Waals surface area contributed by atoms with Gasteiger partial charge in [0.2, 0.25) is 11.8 Å². The van der Waals surface area contributed by atoms with Gasteiger partial charge < -0.3 is 29.2 Å². The van der Waals surface area contributed by atoms with Crippen molar-refractivity contribution in [3.05, 3.63) is 36.7 Å². The number of rotatable bonds is 9. The van der Waals surface area contributed by atoms with E-state index in [0.717, 1.165) is 0 Å². The van der Waals surface area contributed by atoms with Crippen LogP contribution in [0.1, 0.15) is 25.8 Å². The van der Waals surface area contributed by atoms with Crippen LogP contribution in [0.2, 0.25) is 0 Å². The standard InChI is InChI=1S/C21H27N6O6P/c1-13(20(28)32-3)27(34(29,30)33-16-7-5-4-6-8-16)11-14-9-15(10-14)26-12-23-17-18(26)24-21(22)25-19(17)31-2/h4-8,12-15H,9-11H2,1-3H3,(H,29,30)(H2,22,24,25)/t13-,14-,15+/m0/s1. The molecule has 1 unspecified atom stereocenters. The number of ether oxygens (including phenoxy) is 2. The molecule has 2 aromatic heterocycles. The average Bonchev–Trinajstić information content (AvgIpc) is 3.20. The Morgan fingerprint density at radius 3 is 2.65 bits per heavy atom. The first kappa shape index (κ1) is 23.9. The largest absolute Gasteiger partial charge is 0.479 e. The Morgan fingerprint density at radius 1 is 1.29 bits per heavy atom. The van der Waals surface area contributed by atoms with E-state index in [-0.39, 0.29) is 30.2 Å². The third-order valence-corrected chi connectivity index (χ3v) is 7.54. The minimum atomic E-state index is -4.36. The Morgan fingerprint density at radius 2 is 2.00 bits per heavy atom. The lowest BCUT2D eigenvalue weighted by Gasteiger charge is -2.40. The molecule has 1 aliphatic carbocycles. The van der Waals surface area contributed by atoms with E-state index in [1.54, 1.807) is 36.7 Å². The van der Waals surface area contributed by atoms with E-state index >= 15 is 0 Å². The summed E-state index contributed by atoms with van der Waals surface area (Å²) in [5.74, 6) is 0.0176. The molecule has 2 atom stereocenters. The normalized spacial score (nSPS) is 20.4. The monoisotopic (exact) mass is 490 g/mol. The highest BCUT2D eigenvalue weighted by atomic mass is 31.2. The Hall–Kier alpha value is -3.21. The molecule has 3 N–H and O–H groups in total. The van der Waals surface area contributed by atoms with Crippen LogP contribution >= 0.6 is 7.75 Å². The number of methoxy groups -OCH3 is 2. The number of para-hydroxylation sites is 1. The fourth-order valence-corrected chi connectivity index (χ4v) is 5.57. The summed E-state index contributed by atoms with van der Waals surface area (Å²) >= 11 is 0. The van der Waals surface area contributed by atoms with Crippen molar-refractivity contribution in [3.63, 3.8) is 0 Å². The lowest BCUT2D eigenvalue weighted by Crippen LogP contribution is -2.44. The molecule has 3 aromatic rings. The minimum absolute atomic E-state index is 0.0236. The summed E-state index contributed by atoms with van der Waals surface area (Å²) < 4.78 is 31.8. The topological polar surface area (TPSA) is 155 Å². The number of aromatic nitrogens is 4. The number of carbonyl (C=O) groups excluding carboxylic acids is 1. The number of nitrogens with zero attached hydrogens (tertiary/aromatic N) is 5. The molecule has 0 radical (unpaired) electrons. The molecule has 4 rings (SSSR count). The van der Waals surface area contributed by atoms with E-state index in [4.69, 9.17) is 19.7 Å². The summed E-state index contributed by atoms with van der Waals surface area (Å²) in [6, 6.07) is 7.39. The fourth-order valence-electron chi connectivity index (χ4n) is 4.10. The van der Waals surface area contributed by atoms with Crippen molar-refractivity contribution in [2.45, 2.75) is 31.8 Å². The molecule has 0 spiro atoms. The first-order chi connectivity index (χ1) is 16.2. The van der Waals surface area contributed by atoms with Crippen LogP contribution in [0.3, 0.4) is 0 Å². The maximum absolute atomic E-state index is 13.2. The molecule has 12 nitrogen and oxygen atoms in total. The number of benzene rings is 1. The van der Waals surface area contributed by atoms with Crippen LogP contribution in [0.15, 0.2) is 36.7 Å². The zero-order valence-corrected chi connectivity index (χ0v) is 20.0. The molecule has 0 aliphatic heterocycles. The summed E-state index contributed by atoms with van der Waals surface area (Å²) in [7, 11) is -1.63. The van der Waals surface area contributed by atoms with Gasteiger partial charge in [-0.05, 0) is 37.8 Å². The van der Waals surface area contributed by atoms with Gasteiger partial charge in [-0.3, -0.25) is 4.79 Å². The van der Waals surface area contributed by atoms with E-state index < -0.39 is 19.8 Å². The average molecular weight is 490 g/mol. The van der Waals surface area contributed by atoms with Crippen LogP contribution in [0, 0.1) is 5.92 Å². The highest BCUT2D eigenvalue weighted by molar-refractivity contribution is 7.50. The van der Waals surface area contributed by atoms with Crippen LogP contribution in [-0.4, -0.2) is 61.9 Å². The number of hydrogen-bond donors (Lipinski definition) is 2. The molecular formula is C21H27N6O6P. The Balaban J connectivity index is 1.50. The van der Waals surface area contributed by atoms with Crippen molar-refractivity contribution in [2.24, 2.45) is 5.92 Å². The van der Waals surface area contributed by atoms with Crippen molar-refractivity contribution < 1.29 is 28.3 Å². The maximum Gasteiger partial charge on any atom is 0.459 e. The highest BCUT2D eigenvalue weighted by Gasteiger charge is 2.43. The molecule has 1 aromatic carbocycles. The van der Waals surface area contributed by atoms with Gasteiger partial charge in [0.15, 0.2) is 11.2 Å². The van der Waals surface area contributed by atoms with Gasteiger partial charge in [0, 0.05) is 12.6 Å². The van der Waals surface area contributed by atoms with Crippen LogP contribution in [0.4, 0.5) is 5.95 Å². The summed E-state index contributed by atoms with van der Waals surface area (Å²) in [6.07, 6.45) is 3.01. The number of carbonyl (C=O) groups is 1. The SMILES string of the molecule is COC(=O)[C@H](C)N(C[C@H]1C[C@@H](n2cnc3c(OC)nc(N)nc32)C1)P(=O)(O)Oc1ccccc1. The zero-order chi connectivity index (χ0) is 24.5. The van der Waals surface area contributed by atoms with Crippen molar-refractivity contribution in [2.75, 3.05) is 26.5 Å². The number of nitrogens with two attached hydrogens (primary N) is 1. The quantitative estimate of drug-likeness (QED) is 0.335.